The van der Waals surface area contributed by atoms with E-state index in [0.29, 0.717) is 0 Å². The van der Waals surface area contributed by atoms with Gasteiger partial charge in [-0.3, -0.25) is 4.79 Å². The van der Waals surface area contributed by atoms with Gasteiger partial charge < -0.3 is 19.3 Å². The Hall–Kier alpha value is -1.94. The van der Waals surface area contributed by atoms with Crippen LogP contribution in [-0.2, 0) is 29.2 Å². The van der Waals surface area contributed by atoms with Gasteiger partial charge in [0.2, 0.25) is 0 Å². The second-order valence-corrected chi connectivity index (χ2v) is 6.72. The van der Waals surface area contributed by atoms with Crippen molar-refractivity contribution in [3.05, 3.63) is 12.7 Å². The number of hydrogen-bond donors (Lipinski definition) is 1. The Kier molecular flexibility index (Phi) is 8.63. The summed E-state index contributed by atoms with van der Waals surface area (Å²) in [4.78, 5) is 22.8. The van der Waals surface area contributed by atoms with E-state index >= 15 is 0 Å². The third kappa shape index (κ3) is 6.02. The van der Waals surface area contributed by atoms with Crippen LogP contribution in [0, 0.1) is 0 Å². The molecule has 0 aromatic heterocycles. The molecule has 0 spiro atoms. The third-order valence-corrected chi connectivity index (χ3v) is 4.17. The molecule has 0 heterocycles. The highest BCUT2D eigenvalue weighted by Gasteiger charge is 2.66. The first-order valence-electron chi connectivity index (χ1n) is 7.39. The summed E-state index contributed by atoms with van der Waals surface area (Å²) in [5, 5.41) is -4.42. The largest absolute Gasteiger partial charge is 0.743 e. The summed E-state index contributed by atoms with van der Waals surface area (Å²) in [5.41, 5.74) is 0. The van der Waals surface area contributed by atoms with Crippen LogP contribution in [0.1, 0.15) is 19.3 Å². The van der Waals surface area contributed by atoms with Gasteiger partial charge in [0.25, 0.3) is 0 Å². The lowest BCUT2D eigenvalue weighted by Gasteiger charge is -2.32. The normalized spacial score (nSPS) is 15.3. The monoisotopic (exact) mass is 462 g/mol. The Balaban J connectivity index is 5.25. The van der Waals surface area contributed by atoms with Gasteiger partial charge in [-0.25, -0.2) is 13.2 Å². The van der Waals surface area contributed by atoms with Gasteiger partial charge in [-0.05, 0) is 12.8 Å². The summed E-state index contributed by atoms with van der Waals surface area (Å²) < 4.78 is 131. The number of carbonyl (C=O) groups is 2. The number of hydrogen-bond acceptors (Lipinski definition) is 7. The Morgan fingerprint density at radius 3 is 2.00 bits per heavy atom. The molecule has 0 saturated carbocycles. The van der Waals surface area contributed by atoms with Crippen molar-refractivity contribution in [2.45, 2.75) is 42.4 Å². The zero-order valence-corrected chi connectivity index (χ0v) is 15.3. The first-order valence-corrected chi connectivity index (χ1v) is 8.80. The zero-order valence-electron chi connectivity index (χ0n) is 14.5. The van der Waals surface area contributed by atoms with Crippen LogP contribution in [0.4, 0.5) is 30.7 Å². The Bertz CT molecular complexity index is 724. The molecule has 1 atom stereocenters. The molecule has 0 bridgehead atoms. The van der Waals surface area contributed by atoms with Crippen molar-refractivity contribution in [2.75, 3.05) is 13.7 Å². The summed E-state index contributed by atoms with van der Waals surface area (Å²) in [7, 11) is -5.97. The Morgan fingerprint density at radius 2 is 1.62 bits per heavy atom. The van der Waals surface area contributed by atoms with E-state index in [0.717, 1.165) is 7.05 Å². The number of nitrogens with one attached hydrogen (secondary N) is 1. The summed E-state index contributed by atoms with van der Waals surface area (Å²) in [6.07, 6.45) is -9.16. The molecule has 0 aliphatic rings. The number of carbonyl (C=O) groups excluding carboxylic acids is 2. The molecule has 1 unspecified atom stereocenters. The van der Waals surface area contributed by atoms with Gasteiger partial charge in [0.15, 0.2) is 10.1 Å². The highest BCUT2D eigenvalue weighted by Crippen LogP contribution is 2.42. The standard InChI is InChI=1S/C13H16F7NO7S/c1-3-8(22)28-11(9(23)21-2,12(16,17)18)27-7-5-4-6-10(14,15)13(19,20)29(24,25)26/h3H,1,4-7H2,2H3,(H,21,23)(H,24,25,26)/p-1. The lowest BCUT2D eigenvalue weighted by atomic mass is 10.1. The van der Waals surface area contributed by atoms with Crippen molar-refractivity contribution in [1.29, 1.82) is 0 Å². The Labute approximate surface area is 159 Å². The second-order valence-electron chi connectivity index (χ2n) is 5.30. The van der Waals surface area contributed by atoms with E-state index in [-0.39, 0.29) is 6.08 Å². The summed E-state index contributed by atoms with van der Waals surface area (Å²) in [6.45, 7) is 1.63. The SMILES string of the molecule is C=CC(=O)OC(OCCCCC(F)(F)C(F)(F)S(=O)(=O)[O-])(C(=O)NC)C(F)(F)F. The molecule has 1 N–H and O–H groups in total. The second kappa shape index (κ2) is 9.25. The molecular formula is C13H15F7NO7S-. The van der Waals surface area contributed by atoms with E-state index in [9.17, 15) is 53.3 Å². The highest BCUT2D eigenvalue weighted by molar-refractivity contribution is 7.86. The van der Waals surface area contributed by atoms with Crippen LogP contribution in [0.2, 0.25) is 0 Å². The van der Waals surface area contributed by atoms with Gasteiger partial charge in [0, 0.05) is 19.5 Å². The van der Waals surface area contributed by atoms with Crippen molar-refractivity contribution in [2.24, 2.45) is 0 Å². The fraction of sp³-hybridized carbons (Fsp3) is 0.692. The molecule has 0 aromatic rings. The maximum absolute atomic E-state index is 13.3. The molecule has 29 heavy (non-hydrogen) atoms. The molecule has 1 amide bonds. The molecule has 0 aliphatic heterocycles. The van der Waals surface area contributed by atoms with Crippen molar-refractivity contribution >= 4 is 22.0 Å². The fourth-order valence-electron chi connectivity index (χ4n) is 1.75. The van der Waals surface area contributed by atoms with Gasteiger partial charge >= 0.3 is 35.0 Å². The quantitative estimate of drug-likeness (QED) is 0.124. The maximum atomic E-state index is 13.3. The average Bonchev–Trinajstić information content (AvgIpc) is 2.57. The van der Waals surface area contributed by atoms with Gasteiger partial charge in [-0.1, -0.05) is 6.58 Å². The summed E-state index contributed by atoms with van der Waals surface area (Å²) in [5.74, 6) is -13.2. The molecule has 170 valence electrons. The van der Waals surface area contributed by atoms with E-state index in [4.69, 9.17) is 0 Å². The van der Waals surface area contributed by atoms with Gasteiger partial charge in [-0.15, -0.1) is 0 Å². The van der Waals surface area contributed by atoms with E-state index in [1.165, 1.54) is 5.32 Å². The number of ether oxygens (including phenoxy) is 2. The average molecular weight is 462 g/mol. The highest BCUT2D eigenvalue weighted by atomic mass is 32.2. The van der Waals surface area contributed by atoms with Crippen LogP contribution >= 0.6 is 0 Å². The van der Waals surface area contributed by atoms with Gasteiger partial charge in [-0.2, -0.15) is 30.7 Å². The first-order chi connectivity index (χ1) is 12.9. The zero-order chi connectivity index (χ0) is 23.3. The molecule has 0 aromatic carbocycles. The molecule has 0 saturated heterocycles. The van der Waals surface area contributed by atoms with Crippen LogP contribution in [0.3, 0.4) is 0 Å². The minimum Gasteiger partial charge on any atom is -0.743 e. The van der Waals surface area contributed by atoms with Crippen molar-refractivity contribution in [3.8, 4) is 0 Å². The topological polar surface area (TPSA) is 122 Å². The molecule has 16 heteroatoms. The number of alkyl halides is 7. The number of likely N-dealkylation sites (N-methyl/N-ethyl adjacent to an activating group) is 1. The van der Waals surface area contributed by atoms with E-state index in [2.05, 4.69) is 16.1 Å². The van der Waals surface area contributed by atoms with Crippen LogP contribution in [0.5, 0.6) is 0 Å². The maximum Gasteiger partial charge on any atom is 0.466 e. The first kappa shape index (κ1) is 27.1. The minimum absolute atomic E-state index is 0.277. The summed E-state index contributed by atoms with van der Waals surface area (Å²) >= 11 is 0. The number of esters is 1. The third-order valence-electron chi connectivity index (χ3n) is 3.24. The molecular weight excluding hydrogens is 447 g/mol. The van der Waals surface area contributed by atoms with Gasteiger partial charge in [0.1, 0.15) is 0 Å². The van der Waals surface area contributed by atoms with E-state index in [1.54, 1.807) is 0 Å². The number of rotatable bonds is 11. The minimum atomic E-state index is -6.71. The van der Waals surface area contributed by atoms with Crippen LogP contribution in [0.15, 0.2) is 12.7 Å². The summed E-state index contributed by atoms with van der Waals surface area (Å²) in [6, 6.07) is 0. The predicted octanol–water partition coefficient (Wildman–Crippen LogP) is 1.68. The molecule has 0 fully saturated rings. The van der Waals surface area contributed by atoms with Crippen molar-refractivity contribution in [1.82, 2.24) is 5.32 Å². The lowest BCUT2D eigenvalue weighted by molar-refractivity contribution is -0.346. The predicted molar refractivity (Wildman–Crippen MR) is 78.5 cm³/mol. The smallest absolute Gasteiger partial charge is 0.466 e. The molecule has 0 radical (unpaired) electrons. The Morgan fingerprint density at radius 1 is 1.10 bits per heavy atom. The number of amides is 1. The molecule has 8 nitrogen and oxygen atoms in total. The number of halogens is 7. The number of unbranched alkanes of at least 4 members (excludes halogenated alkanes) is 1. The lowest BCUT2D eigenvalue weighted by Crippen LogP contribution is -2.61. The fourth-order valence-corrected chi connectivity index (χ4v) is 2.22. The van der Waals surface area contributed by atoms with E-state index < -0.39 is 71.0 Å². The van der Waals surface area contributed by atoms with Crippen molar-refractivity contribution in [3.63, 3.8) is 0 Å². The molecule has 0 rings (SSSR count). The van der Waals surface area contributed by atoms with Crippen LogP contribution in [0.25, 0.3) is 0 Å². The van der Waals surface area contributed by atoms with Gasteiger partial charge in [0.05, 0.1) is 6.61 Å². The van der Waals surface area contributed by atoms with E-state index in [1.807, 2.05) is 0 Å². The molecule has 0 aliphatic carbocycles. The van der Waals surface area contributed by atoms with Crippen LogP contribution in [-0.4, -0.2) is 61.6 Å². The van der Waals surface area contributed by atoms with Crippen LogP contribution < -0.4 is 5.32 Å². The van der Waals surface area contributed by atoms with Crippen molar-refractivity contribution < 1.29 is 62.8 Å².